The van der Waals surface area contributed by atoms with Crippen molar-refractivity contribution >= 4 is 77.8 Å². The van der Waals surface area contributed by atoms with E-state index >= 15 is 0 Å². The summed E-state index contributed by atoms with van der Waals surface area (Å²) in [5.41, 5.74) is -1.40. The van der Waals surface area contributed by atoms with Gasteiger partial charge in [0.2, 0.25) is 5.91 Å². The third-order valence-corrected chi connectivity index (χ3v) is 10.0. The predicted molar refractivity (Wildman–Crippen MR) is 160 cm³/mol. The predicted octanol–water partition coefficient (Wildman–Crippen LogP) is 7.30. The Hall–Kier alpha value is -3.49. The summed E-state index contributed by atoms with van der Waals surface area (Å²) in [4.78, 5) is 12.6. The number of nitrogens with one attached hydrogen (secondary N) is 2. The first kappa shape index (κ1) is 32.4. The van der Waals surface area contributed by atoms with Crippen molar-refractivity contribution in [3.63, 3.8) is 0 Å². The van der Waals surface area contributed by atoms with Gasteiger partial charge in [0, 0.05) is 11.4 Å². The maximum atomic E-state index is 13.4. The van der Waals surface area contributed by atoms with Crippen LogP contribution in [-0.4, -0.2) is 29.3 Å². The Morgan fingerprint density at radius 1 is 0.721 bits per heavy atom. The van der Waals surface area contributed by atoms with E-state index in [1.807, 2.05) is 0 Å². The lowest BCUT2D eigenvalue weighted by molar-refractivity contribution is -0.137. The Morgan fingerprint density at radius 3 is 1.93 bits per heavy atom. The van der Waals surface area contributed by atoms with Crippen LogP contribution in [0.1, 0.15) is 5.56 Å². The molecule has 0 aliphatic rings. The van der Waals surface area contributed by atoms with Gasteiger partial charge < -0.3 is 5.32 Å². The molecular formula is C27H19Cl3F3N3O5S2. The molecule has 0 aromatic heterocycles. The minimum atomic E-state index is -4.80. The number of rotatable bonds is 9. The number of halogens is 6. The van der Waals surface area contributed by atoms with E-state index in [4.69, 9.17) is 34.8 Å². The number of hydrogen-bond acceptors (Lipinski definition) is 5. The molecule has 0 heterocycles. The monoisotopic (exact) mass is 691 g/mol. The Labute approximate surface area is 260 Å². The highest BCUT2D eigenvalue weighted by molar-refractivity contribution is 7.93. The summed E-state index contributed by atoms with van der Waals surface area (Å²) in [5.74, 6) is -0.778. The average Bonchev–Trinajstić information content (AvgIpc) is 2.94. The molecule has 0 aliphatic heterocycles. The molecule has 0 radical (unpaired) electrons. The first-order valence-electron chi connectivity index (χ1n) is 11.9. The number of amides is 1. The van der Waals surface area contributed by atoms with Gasteiger partial charge in [0.05, 0.1) is 36.1 Å². The first-order valence-corrected chi connectivity index (χ1v) is 16.0. The van der Waals surface area contributed by atoms with Gasteiger partial charge in [-0.05, 0) is 72.8 Å². The SMILES string of the molecule is O=C(CN(c1ccc(Cl)c(Cl)c1)S(=O)(=O)c1ccccc1)Nc1ccc(S(=O)(=O)Nc2ccc(Cl)c(C(F)(F)F)c2)cc1. The van der Waals surface area contributed by atoms with E-state index in [-0.39, 0.29) is 36.9 Å². The van der Waals surface area contributed by atoms with E-state index in [1.54, 1.807) is 6.07 Å². The molecule has 0 unspecified atom stereocenters. The second kappa shape index (κ2) is 12.6. The number of carbonyl (C=O) groups is 1. The zero-order valence-corrected chi connectivity index (χ0v) is 25.3. The summed E-state index contributed by atoms with van der Waals surface area (Å²) < 4.78 is 94.8. The van der Waals surface area contributed by atoms with Crippen LogP contribution in [0, 0.1) is 0 Å². The van der Waals surface area contributed by atoms with E-state index in [9.17, 15) is 34.8 Å². The van der Waals surface area contributed by atoms with Crippen LogP contribution in [0.25, 0.3) is 0 Å². The second-order valence-corrected chi connectivity index (χ2v) is 13.6. The van der Waals surface area contributed by atoms with Gasteiger partial charge in [-0.25, -0.2) is 16.8 Å². The average molecular weight is 693 g/mol. The zero-order valence-electron chi connectivity index (χ0n) is 21.4. The largest absolute Gasteiger partial charge is 0.417 e. The lowest BCUT2D eigenvalue weighted by Crippen LogP contribution is -2.38. The normalized spacial score (nSPS) is 12.0. The maximum absolute atomic E-state index is 13.4. The van der Waals surface area contributed by atoms with Crippen molar-refractivity contribution in [2.24, 2.45) is 0 Å². The minimum Gasteiger partial charge on any atom is -0.325 e. The van der Waals surface area contributed by atoms with E-state index in [0.29, 0.717) is 6.07 Å². The van der Waals surface area contributed by atoms with Crippen LogP contribution in [0.4, 0.5) is 30.2 Å². The second-order valence-electron chi connectivity index (χ2n) is 8.79. The molecular weight excluding hydrogens is 674 g/mol. The smallest absolute Gasteiger partial charge is 0.325 e. The Balaban J connectivity index is 1.53. The van der Waals surface area contributed by atoms with Crippen molar-refractivity contribution in [3.05, 3.63) is 112 Å². The quantitative estimate of drug-likeness (QED) is 0.191. The Morgan fingerprint density at radius 2 is 1.33 bits per heavy atom. The van der Waals surface area contributed by atoms with Crippen molar-refractivity contribution in [2.75, 3.05) is 20.9 Å². The van der Waals surface area contributed by atoms with Crippen LogP contribution in [0.5, 0.6) is 0 Å². The Bertz CT molecular complexity index is 1880. The van der Waals surface area contributed by atoms with Crippen molar-refractivity contribution in [3.8, 4) is 0 Å². The first-order chi connectivity index (χ1) is 20.1. The molecule has 0 saturated carbocycles. The van der Waals surface area contributed by atoms with E-state index in [2.05, 4.69) is 10.0 Å². The van der Waals surface area contributed by atoms with Crippen LogP contribution >= 0.6 is 34.8 Å². The summed E-state index contributed by atoms with van der Waals surface area (Å²) in [5, 5.41) is 2.13. The number of alkyl halides is 3. The third-order valence-electron chi connectivity index (χ3n) is 5.78. The van der Waals surface area contributed by atoms with Gasteiger partial charge in [-0.3, -0.25) is 13.8 Å². The van der Waals surface area contributed by atoms with E-state index in [0.717, 1.165) is 28.6 Å². The topological polar surface area (TPSA) is 113 Å². The van der Waals surface area contributed by atoms with Gasteiger partial charge in [-0.15, -0.1) is 0 Å². The highest BCUT2D eigenvalue weighted by atomic mass is 35.5. The molecule has 4 aromatic carbocycles. The van der Waals surface area contributed by atoms with Crippen LogP contribution in [0.3, 0.4) is 0 Å². The van der Waals surface area contributed by atoms with Crippen molar-refractivity contribution in [2.45, 2.75) is 16.0 Å². The van der Waals surface area contributed by atoms with Crippen LogP contribution in [0.2, 0.25) is 15.1 Å². The number of anilines is 3. The highest BCUT2D eigenvalue weighted by Crippen LogP contribution is 2.36. The summed E-state index contributed by atoms with van der Waals surface area (Å²) in [6.45, 7) is -0.686. The lowest BCUT2D eigenvalue weighted by Gasteiger charge is -2.24. The fraction of sp³-hybridized carbons (Fsp3) is 0.0741. The number of benzene rings is 4. The summed E-state index contributed by atoms with van der Waals surface area (Å²) in [6, 6.07) is 18.7. The number of hydrogen-bond donors (Lipinski definition) is 2. The summed E-state index contributed by atoms with van der Waals surface area (Å²) >= 11 is 17.7. The van der Waals surface area contributed by atoms with Crippen molar-refractivity contribution in [1.29, 1.82) is 0 Å². The lowest BCUT2D eigenvalue weighted by atomic mass is 10.2. The van der Waals surface area contributed by atoms with Gasteiger partial charge in [0.25, 0.3) is 20.0 Å². The molecule has 43 heavy (non-hydrogen) atoms. The molecule has 0 aliphatic carbocycles. The van der Waals surface area contributed by atoms with Crippen molar-refractivity contribution < 1.29 is 34.8 Å². The number of nitrogens with zero attached hydrogens (tertiary/aromatic N) is 1. The molecule has 0 saturated heterocycles. The van der Waals surface area contributed by atoms with Gasteiger partial charge in [0.1, 0.15) is 6.54 Å². The molecule has 8 nitrogen and oxygen atoms in total. The van der Waals surface area contributed by atoms with E-state index in [1.165, 1.54) is 54.6 Å². The number of carbonyl (C=O) groups excluding carboxylic acids is 1. The minimum absolute atomic E-state index is 0.0616. The van der Waals surface area contributed by atoms with E-state index < -0.39 is 49.3 Å². The Kier molecular flexibility index (Phi) is 9.52. The fourth-order valence-electron chi connectivity index (χ4n) is 3.74. The molecule has 2 N–H and O–H groups in total. The van der Waals surface area contributed by atoms with Crippen LogP contribution < -0.4 is 14.3 Å². The summed E-state index contributed by atoms with van der Waals surface area (Å²) in [7, 11) is -8.57. The third kappa shape index (κ3) is 7.73. The van der Waals surface area contributed by atoms with Crippen LogP contribution in [-0.2, 0) is 31.0 Å². The fourth-order valence-corrected chi connectivity index (χ4v) is 6.74. The molecule has 0 atom stereocenters. The highest BCUT2D eigenvalue weighted by Gasteiger charge is 2.34. The zero-order chi connectivity index (χ0) is 31.6. The molecule has 4 aromatic rings. The van der Waals surface area contributed by atoms with Gasteiger partial charge >= 0.3 is 6.18 Å². The van der Waals surface area contributed by atoms with Gasteiger partial charge in [-0.1, -0.05) is 53.0 Å². The molecule has 0 bridgehead atoms. The molecule has 0 spiro atoms. The molecule has 226 valence electrons. The summed E-state index contributed by atoms with van der Waals surface area (Å²) in [6.07, 6.45) is -4.80. The molecule has 1 amide bonds. The van der Waals surface area contributed by atoms with Gasteiger partial charge in [0.15, 0.2) is 0 Å². The van der Waals surface area contributed by atoms with Crippen LogP contribution in [0.15, 0.2) is 101 Å². The standard InChI is InChI=1S/C27H19Cl3F3N3O5S2/c28-23-12-8-18(14-22(23)27(31,32)33)35-42(38,39)20-10-6-17(7-11-20)34-26(37)16-36(19-9-13-24(29)25(30)15-19)43(40,41)21-4-2-1-3-5-21/h1-15,35H,16H2,(H,34,37). The molecule has 16 heteroatoms. The number of sulfonamides is 2. The van der Waals surface area contributed by atoms with Gasteiger partial charge in [-0.2, -0.15) is 13.2 Å². The molecule has 4 rings (SSSR count). The molecule has 0 fully saturated rings. The van der Waals surface area contributed by atoms with Crippen molar-refractivity contribution in [1.82, 2.24) is 0 Å². The maximum Gasteiger partial charge on any atom is 0.417 e.